The van der Waals surface area contributed by atoms with E-state index in [-0.39, 0.29) is 23.6 Å². The van der Waals surface area contributed by atoms with Gasteiger partial charge in [0.1, 0.15) is 29.7 Å². The Kier molecular flexibility index (Phi) is 5.57. The van der Waals surface area contributed by atoms with Crippen LogP contribution in [0.3, 0.4) is 0 Å². The van der Waals surface area contributed by atoms with Crippen LogP contribution in [-0.4, -0.2) is 55.6 Å². The Morgan fingerprint density at radius 1 is 1.38 bits per heavy atom. The summed E-state index contributed by atoms with van der Waals surface area (Å²) in [6, 6.07) is 5.38. The van der Waals surface area contributed by atoms with Crippen molar-refractivity contribution in [2.24, 2.45) is 0 Å². The molecule has 0 radical (unpaired) electrons. The molecule has 3 atom stereocenters. The van der Waals surface area contributed by atoms with Gasteiger partial charge in [0, 0.05) is 42.6 Å². The van der Waals surface area contributed by atoms with Crippen molar-refractivity contribution in [3.63, 3.8) is 0 Å². The average molecular weight is 468 g/mol. The van der Waals surface area contributed by atoms with E-state index >= 15 is 0 Å². The topological polar surface area (TPSA) is 142 Å². The van der Waals surface area contributed by atoms with Crippen molar-refractivity contribution in [2.75, 3.05) is 12.4 Å². The van der Waals surface area contributed by atoms with Gasteiger partial charge in [-0.3, -0.25) is 9.50 Å². The van der Waals surface area contributed by atoms with Crippen LogP contribution in [0.5, 0.6) is 0 Å². The van der Waals surface area contributed by atoms with E-state index in [9.17, 15) is 14.4 Å². The predicted molar refractivity (Wildman–Crippen MR) is 118 cm³/mol. The third-order valence-corrected chi connectivity index (χ3v) is 6.28. The first-order valence-electron chi connectivity index (χ1n) is 11.1. The molecular weight excluding hydrogens is 443 g/mol. The Morgan fingerprint density at radius 3 is 2.94 bits per heavy atom. The highest BCUT2D eigenvalue weighted by Crippen LogP contribution is 2.39. The first-order chi connectivity index (χ1) is 16.4. The second-order valence-corrected chi connectivity index (χ2v) is 9.12. The average Bonchev–Trinajstić information content (AvgIpc) is 3.15. The third kappa shape index (κ3) is 4.51. The zero-order chi connectivity index (χ0) is 23.9. The maximum Gasteiger partial charge on any atom is 0.407 e. The number of nitrogens with one attached hydrogen (secondary N) is 3. The molecule has 0 saturated heterocycles. The molecule has 12 heteroatoms. The molecule has 3 aromatic rings. The third-order valence-electron chi connectivity index (χ3n) is 6.28. The van der Waals surface area contributed by atoms with Crippen molar-refractivity contribution >= 4 is 23.5 Å². The molecule has 178 valence electrons. The number of amides is 1. The Balaban J connectivity index is 1.28. The molecule has 0 unspecified atom stereocenters. The molecule has 3 aromatic heterocycles. The summed E-state index contributed by atoms with van der Waals surface area (Å²) in [5.74, 6) is 0.649. The summed E-state index contributed by atoms with van der Waals surface area (Å²) in [5.41, 5.74) is 1.95. The lowest BCUT2D eigenvalue weighted by molar-refractivity contribution is 0.0583. The van der Waals surface area contributed by atoms with E-state index in [4.69, 9.17) is 9.47 Å². The number of ether oxygens (including phenoxy) is 2. The summed E-state index contributed by atoms with van der Waals surface area (Å²) in [6.45, 7) is 2.26. The molecule has 0 aliphatic heterocycles. The number of carbonyl (C=O) groups is 1. The molecule has 3 N–H and O–H groups in total. The van der Waals surface area contributed by atoms with Crippen molar-refractivity contribution in [1.29, 1.82) is 5.26 Å². The second-order valence-electron chi connectivity index (χ2n) is 9.12. The largest absolute Gasteiger partial charge is 0.443 e. The van der Waals surface area contributed by atoms with Gasteiger partial charge in [0.2, 0.25) is 5.95 Å². The molecule has 0 bridgehead atoms. The number of imidazole rings is 1. The van der Waals surface area contributed by atoms with Gasteiger partial charge in [-0.25, -0.2) is 19.2 Å². The Morgan fingerprint density at radius 2 is 2.21 bits per heavy atom. The van der Waals surface area contributed by atoms with Crippen LogP contribution >= 0.6 is 0 Å². The minimum atomic E-state index is -1.25. The van der Waals surface area contributed by atoms with E-state index in [1.807, 2.05) is 13.0 Å². The molecule has 0 aromatic carbocycles. The van der Waals surface area contributed by atoms with Gasteiger partial charge in [-0.05, 0) is 32.6 Å². The standard InChI is InChI=1S/C22H25FN8O3/c1-22(3-4-22)28-21(32)34-17-6-12(5-15(17)23)16-8-18(30-29-16)27-20-26-13(9-24)7-19-25-14(11-33-2)10-31(19)20/h7-8,10,12,15,17H,3-6,11H2,1-2H3,(H,28,32)(H2,26,27,29,30)/t12-,15+,17-/m0/s1. The van der Waals surface area contributed by atoms with Gasteiger partial charge in [0.05, 0.1) is 12.3 Å². The fraction of sp³-hybridized carbons (Fsp3) is 0.500. The number of hydrogen-bond acceptors (Lipinski definition) is 8. The summed E-state index contributed by atoms with van der Waals surface area (Å²) in [5, 5.41) is 22.4. The lowest BCUT2D eigenvalue weighted by Crippen LogP contribution is -2.38. The van der Waals surface area contributed by atoms with Gasteiger partial charge in [0.25, 0.3) is 0 Å². The quantitative estimate of drug-likeness (QED) is 0.480. The minimum absolute atomic E-state index is 0.174. The van der Waals surface area contributed by atoms with Crippen LogP contribution in [0.15, 0.2) is 18.3 Å². The van der Waals surface area contributed by atoms with E-state index in [1.54, 1.807) is 29.8 Å². The summed E-state index contributed by atoms with van der Waals surface area (Å²) < 4.78 is 26.8. The number of alkyl carbamates (subject to hydrolysis) is 1. The van der Waals surface area contributed by atoms with Crippen LogP contribution < -0.4 is 10.6 Å². The second kappa shape index (κ2) is 8.57. The highest BCUT2D eigenvalue weighted by molar-refractivity contribution is 5.69. The number of aromatic nitrogens is 5. The summed E-state index contributed by atoms with van der Waals surface area (Å²) in [4.78, 5) is 20.8. The van der Waals surface area contributed by atoms with E-state index < -0.39 is 18.4 Å². The number of nitriles is 1. The molecule has 1 amide bonds. The van der Waals surface area contributed by atoms with Crippen molar-refractivity contribution < 1.29 is 18.7 Å². The molecule has 34 heavy (non-hydrogen) atoms. The Hall–Kier alpha value is -3.72. The van der Waals surface area contributed by atoms with Crippen LogP contribution in [0.25, 0.3) is 5.65 Å². The SMILES string of the molecule is COCc1cn2c(Nc3cc([C@H]4C[C@@H](F)[C@@H](OC(=O)NC5(C)CC5)C4)[nH]n3)nc(C#N)cc2n1. The van der Waals surface area contributed by atoms with E-state index in [0.717, 1.165) is 18.5 Å². The number of halogens is 1. The van der Waals surface area contributed by atoms with Crippen molar-refractivity contribution in [3.8, 4) is 6.07 Å². The number of hydrogen-bond donors (Lipinski definition) is 3. The molecule has 0 spiro atoms. The van der Waals surface area contributed by atoms with Crippen molar-refractivity contribution in [2.45, 2.75) is 62.9 Å². The lowest BCUT2D eigenvalue weighted by atomic mass is 10.0. The number of H-pyrrole nitrogens is 1. The Bertz CT molecular complexity index is 1260. The zero-order valence-corrected chi connectivity index (χ0v) is 18.8. The maximum atomic E-state index is 14.6. The van der Waals surface area contributed by atoms with E-state index in [1.165, 1.54) is 0 Å². The number of anilines is 2. The number of nitrogens with zero attached hydrogens (tertiary/aromatic N) is 5. The molecule has 2 aliphatic carbocycles. The summed E-state index contributed by atoms with van der Waals surface area (Å²) in [6.07, 6.45) is 1.55. The van der Waals surface area contributed by atoms with Gasteiger partial charge >= 0.3 is 6.09 Å². The number of aromatic amines is 1. The monoisotopic (exact) mass is 468 g/mol. The molecule has 5 rings (SSSR count). The maximum absolute atomic E-state index is 14.6. The molecule has 2 aliphatic rings. The van der Waals surface area contributed by atoms with Gasteiger partial charge in [-0.15, -0.1) is 0 Å². The Labute approximate surface area is 194 Å². The van der Waals surface area contributed by atoms with Crippen LogP contribution in [-0.2, 0) is 16.1 Å². The minimum Gasteiger partial charge on any atom is -0.443 e. The molecule has 11 nitrogen and oxygen atoms in total. The summed E-state index contributed by atoms with van der Waals surface area (Å²) in [7, 11) is 1.58. The van der Waals surface area contributed by atoms with E-state index in [2.05, 4.69) is 30.8 Å². The van der Waals surface area contributed by atoms with E-state index in [0.29, 0.717) is 36.1 Å². The fourth-order valence-electron chi connectivity index (χ4n) is 4.18. The van der Waals surface area contributed by atoms with Crippen LogP contribution in [0, 0.1) is 11.3 Å². The van der Waals surface area contributed by atoms with Crippen molar-refractivity contribution in [1.82, 2.24) is 29.9 Å². The van der Waals surface area contributed by atoms with Crippen LogP contribution in [0.2, 0.25) is 0 Å². The number of fused-ring (bicyclic) bond motifs is 1. The fourth-order valence-corrected chi connectivity index (χ4v) is 4.18. The number of carbonyl (C=O) groups excluding carboxylic acids is 1. The van der Waals surface area contributed by atoms with Crippen LogP contribution in [0.1, 0.15) is 55.6 Å². The zero-order valence-electron chi connectivity index (χ0n) is 18.8. The summed E-state index contributed by atoms with van der Waals surface area (Å²) >= 11 is 0. The van der Waals surface area contributed by atoms with Crippen molar-refractivity contribution in [3.05, 3.63) is 35.4 Å². The highest BCUT2D eigenvalue weighted by atomic mass is 19.1. The number of alkyl halides is 1. The molecule has 2 fully saturated rings. The van der Waals surface area contributed by atoms with Gasteiger partial charge in [-0.1, -0.05) is 0 Å². The predicted octanol–water partition coefficient (Wildman–Crippen LogP) is 3.08. The lowest BCUT2D eigenvalue weighted by Gasteiger charge is -2.17. The van der Waals surface area contributed by atoms with Gasteiger partial charge < -0.3 is 20.1 Å². The van der Waals surface area contributed by atoms with Gasteiger partial charge in [0.15, 0.2) is 5.82 Å². The normalized spacial score (nSPS) is 22.9. The highest BCUT2D eigenvalue weighted by Gasteiger charge is 2.42. The number of methoxy groups -OCH3 is 1. The van der Waals surface area contributed by atoms with Crippen LogP contribution in [0.4, 0.5) is 21.0 Å². The smallest absolute Gasteiger partial charge is 0.407 e. The molecular formula is C22H25FN8O3. The first kappa shape index (κ1) is 22.1. The molecule has 3 heterocycles. The number of rotatable bonds is 7. The first-order valence-corrected chi connectivity index (χ1v) is 11.1. The molecule has 2 saturated carbocycles. The van der Waals surface area contributed by atoms with Gasteiger partial charge in [-0.2, -0.15) is 10.4 Å².